The van der Waals surface area contributed by atoms with Crippen LogP contribution < -0.4 is 5.32 Å². The van der Waals surface area contributed by atoms with E-state index in [2.05, 4.69) is 26.1 Å². The largest absolute Gasteiger partial charge is 0.392 e. The molecule has 33 heavy (non-hydrogen) atoms. The molecule has 3 aliphatic rings. The SMILES string of the molecule is CC1CCN(C(=O)[C@@H](C)C2CC[C@@]3(C)CC[C@H](NC(=O)c4ccccc4)[C@@H](C)[C@@H]3[C@H]2O)CC1. The number of nitrogens with one attached hydrogen (secondary N) is 1. The number of aliphatic hydroxyl groups is 1. The summed E-state index contributed by atoms with van der Waals surface area (Å²) in [4.78, 5) is 28.1. The highest BCUT2D eigenvalue weighted by Crippen LogP contribution is 2.55. The van der Waals surface area contributed by atoms with Gasteiger partial charge in [0.1, 0.15) is 0 Å². The van der Waals surface area contributed by atoms with Crippen molar-refractivity contribution in [3.05, 3.63) is 35.9 Å². The van der Waals surface area contributed by atoms with Crippen molar-refractivity contribution in [3.8, 4) is 0 Å². The number of fused-ring (bicyclic) bond motifs is 1. The van der Waals surface area contributed by atoms with Gasteiger partial charge < -0.3 is 15.3 Å². The number of aliphatic hydroxyl groups excluding tert-OH is 1. The molecule has 0 bridgehead atoms. The lowest BCUT2D eigenvalue weighted by Crippen LogP contribution is -2.58. The summed E-state index contributed by atoms with van der Waals surface area (Å²) in [6.45, 7) is 10.5. The van der Waals surface area contributed by atoms with E-state index in [1.54, 1.807) is 0 Å². The molecule has 4 rings (SSSR count). The van der Waals surface area contributed by atoms with E-state index in [1.165, 1.54) is 0 Å². The summed E-state index contributed by atoms with van der Waals surface area (Å²) in [6, 6.07) is 9.40. The van der Waals surface area contributed by atoms with Gasteiger partial charge in [-0.25, -0.2) is 0 Å². The fraction of sp³-hybridized carbons (Fsp3) is 0.714. The van der Waals surface area contributed by atoms with E-state index in [1.807, 2.05) is 42.2 Å². The molecule has 1 unspecified atom stereocenters. The molecule has 182 valence electrons. The van der Waals surface area contributed by atoms with Crippen molar-refractivity contribution in [1.82, 2.24) is 10.2 Å². The normalized spacial score (nSPS) is 36.0. The zero-order valence-corrected chi connectivity index (χ0v) is 20.8. The zero-order chi connectivity index (χ0) is 23.8. The van der Waals surface area contributed by atoms with E-state index in [9.17, 15) is 14.7 Å². The molecule has 1 aromatic carbocycles. The molecule has 2 aliphatic carbocycles. The minimum absolute atomic E-state index is 0.0130. The first-order valence-electron chi connectivity index (χ1n) is 13.0. The van der Waals surface area contributed by atoms with Crippen LogP contribution in [0.1, 0.15) is 76.6 Å². The molecular weight excluding hydrogens is 412 g/mol. The van der Waals surface area contributed by atoms with Crippen LogP contribution >= 0.6 is 0 Å². The predicted molar refractivity (Wildman–Crippen MR) is 131 cm³/mol. The second kappa shape index (κ2) is 9.77. The van der Waals surface area contributed by atoms with Crippen molar-refractivity contribution in [1.29, 1.82) is 0 Å². The van der Waals surface area contributed by atoms with Gasteiger partial charge in [-0.05, 0) is 79.7 Å². The smallest absolute Gasteiger partial charge is 0.251 e. The Morgan fingerprint density at radius 2 is 1.70 bits per heavy atom. The number of hydrogen-bond donors (Lipinski definition) is 2. The molecule has 1 heterocycles. The summed E-state index contributed by atoms with van der Waals surface area (Å²) in [5.41, 5.74) is 0.738. The predicted octanol–water partition coefficient (Wildman–Crippen LogP) is 4.50. The molecule has 2 saturated carbocycles. The first-order valence-corrected chi connectivity index (χ1v) is 13.0. The highest BCUT2D eigenvalue weighted by atomic mass is 16.3. The van der Waals surface area contributed by atoms with E-state index in [0.29, 0.717) is 11.5 Å². The van der Waals surface area contributed by atoms with Gasteiger partial charge >= 0.3 is 0 Å². The second-order valence-electron chi connectivity index (χ2n) is 11.5. The molecule has 1 saturated heterocycles. The molecule has 0 radical (unpaired) electrons. The quantitative estimate of drug-likeness (QED) is 0.704. The van der Waals surface area contributed by atoms with Crippen LogP contribution in [0.15, 0.2) is 30.3 Å². The Kier molecular flexibility index (Phi) is 7.18. The Labute approximate surface area is 199 Å². The summed E-state index contributed by atoms with van der Waals surface area (Å²) >= 11 is 0. The molecule has 1 aromatic rings. The van der Waals surface area contributed by atoms with Crippen LogP contribution in [0, 0.1) is 35.0 Å². The van der Waals surface area contributed by atoms with E-state index >= 15 is 0 Å². The molecule has 7 atom stereocenters. The Bertz CT molecular complexity index is 835. The molecule has 5 nitrogen and oxygen atoms in total. The van der Waals surface area contributed by atoms with Crippen molar-refractivity contribution < 1.29 is 14.7 Å². The van der Waals surface area contributed by atoms with Crippen molar-refractivity contribution >= 4 is 11.8 Å². The Hall–Kier alpha value is -1.88. The van der Waals surface area contributed by atoms with Crippen LogP contribution in [-0.2, 0) is 4.79 Å². The number of rotatable bonds is 4. The fourth-order valence-electron chi connectivity index (χ4n) is 7.04. The maximum absolute atomic E-state index is 13.3. The topological polar surface area (TPSA) is 69.6 Å². The second-order valence-corrected chi connectivity index (χ2v) is 11.5. The molecule has 1 aliphatic heterocycles. The molecule has 0 spiro atoms. The highest BCUT2D eigenvalue weighted by Gasteiger charge is 2.54. The molecular formula is C28H42N2O3. The number of likely N-dealkylation sites (tertiary alicyclic amines) is 1. The third kappa shape index (κ3) is 4.84. The summed E-state index contributed by atoms with van der Waals surface area (Å²) < 4.78 is 0. The van der Waals surface area contributed by atoms with Crippen LogP contribution in [0.3, 0.4) is 0 Å². The number of nitrogens with zero attached hydrogens (tertiary/aromatic N) is 1. The van der Waals surface area contributed by atoms with Gasteiger partial charge in [-0.15, -0.1) is 0 Å². The van der Waals surface area contributed by atoms with E-state index < -0.39 is 6.10 Å². The van der Waals surface area contributed by atoms with Gasteiger partial charge in [0.25, 0.3) is 5.91 Å². The lowest BCUT2D eigenvalue weighted by molar-refractivity contribution is -0.151. The van der Waals surface area contributed by atoms with E-state index in [4.69, 9.17) is 0 Å². The third-order valence-electron chi connectivity index (χ3n) is 9.37. The molecule has 5 heteroatoms. The number of piperidine rings is 1. The van der Waals surface area contributed by atoms with Crippen molar-refractivity contribution in [2.45, 2.75) is 78.4 Å². The van der Waals surface area contributed by atoms with Crippen LogP contribution in [0.4, 0.5) is 0 Å². The first kappa shape index (κ1) is 24.3. The number of carbonyl (C=O) groups is 2. The monoisotopic (exact) mass is 454 g/mol. The average molecular weight is 455 g/mol. The standard InChI is InChI=1S/C28H42N2O3/c1-18-12-16-30(17-13-18)27(33)19(2)22-10-14-28(4)15-11-23(20(3)24(28)25(22)31)29-26(32)21-8-6-5-7-9-21/h5-9,18-20,22-25,31H,10-17H2,1-4H3,(H,29,32)/t19-,20+,22?,23-,24+,25-,28-/m0/s1. The lowest BCUT2D eigenvalue weighted by atomic mass is 9.51. The Balaban J connectivity index is 1.45. The van der Waals surface area contributed by atoms with Crippen LogP contribution in [0.2, 0.25) is 0 Å². The fourth-order valence-corrected chi connectivity index (χ4v) is 7.04. The van der Waals surface area contributed by atoms with E-state index in [0.717, 1.165) is 51.6 Å². The summed E-state index contributed by atoms with van der Waals surface area (Å²) in [5, 5.41) is 14.9. The van der Waals surface area contributed by atoms with Gasteiger partial charge in [0, 0.05) is 30.6 Å². The molecule has 2 amide bonds. The van der Waals surface area contributed by atoms with Crippen LogP contribution in [0.25, 0.3) is 0 Å². The number of amides is 2. The molecule has 0 aromatic heterocycles. The maximum Gasteiger partial charge on any atom is 0.251 e. The summed E-state index contributed by atoms with van der Waals surface area (Å²) in [7, 11) is 0. The van der Waals surface area contributed by atoms with Gasteiger partial charge in [0.15, 0.2) is 0 Å². The summed E-state index contributed by atoms with van der Waals surface area (Å²) in [5.74, 6) is 0.935. The maximum atomic E-state index is 13.3. The Morgan fingerprint density at radius 3 is 2.36 bits per heavy atom. The summed E-state index contributed by atoms with van der Waals surface area (Å²) in [6.07, 6.45) is 5.51. The number of benzene rings is 1. The van der Waals surface area contributed by atoms with E-state index in [-0.39, 0.29) is 46.9 Å². The average Bonchev–Trinajstić information content (AvgIpc) is 2.81. The van der Waals surface area contributed by atoms with Gasteiger partial charge in [0.05, 0.1) is 6.10 Å². The van der Waals surface area contributed by atoms with Gasteiger partial charge in [-0.1, -0.05) is 45.9 Å². The van der Waals surface area contributed by atoms with Crippen molar-refractivity contribution in [3.63, 3.8) is 0 Å². The number of hydrogen-bond acceptors (Lipinski definition) is 3. The molecule has 3 fully saturated rings. The lowest BCUT2D eigenvalue weighted by Gasteiger charge is -2.56. The van der Waals surface area contributed by atoms with Crippen LogP contribution in [-0.4, -0.2) is 47.1 Å². The van der Waals surface area contributed by atoms with Gasteiger partial charge in [-0.2, -0.15) is 0 Å². The Morgan fingerprint density at radius 1 is 1.06 bits per heavy atom. The van der Waals surface area contributed by atoms with Crippen molar-refractivity contribution in [2.75, 3.05) is 13.1 Å². The van der Waals surface area contributed by atoms with Gasteiger partial charge in [0.2, 0.25) is 5.91 Å². The minimum Gasteiger partial charge on any atom is -0.392 e. The highest BCUT2D eigenvalue weighted by molar-refractivity contribution is 5.94. The zero-order valence-electron chi connectivity index (χ0n) is 20.8. The third-order valence-corrected chi connectivity index (χ3v) is 9.37. The van der Waals surface area contributed by atoms with Gasteiger partial charge in [-0.3, -0.25) is 9.59 Å². The van der Waals surface area contributed by atoms with Crippen LogP contribution in [0.5, 0.6) is 0 Å². The first-order chi connectivity index (χ1) is 15.7. The number of carbonyl (C=O) groups excluding carboxylic acids is 2. The van der Waals surface area contributed by atoms with Crippen molar-refractivity contribution in [2.24, 2.45) is 35.0 Å². The minimum atomic E-state index is -0.516. The molecule has 2 N–H and O–H groups in total.